The van der Waals surface area contributed by atoms with Crippen LogP contribution in [0.3, 0.4) is 0 Å². The number of rotatable bonds is 4. The van der Waals surface area contributed by atoms with Gasteiger partial charge in [-0.3, -0.25) is 0 Å². The fourth-order valence-electron chi connectivity index (χ4n) is 3.15. The molecule has 0 radical (unpaired) electrons. The van der Waals surface area contributed by atoms with E-state index in [1.165, 1.54) is 0 Å². The summed E-state index contributed by atoms with van der Waals surface area (Å²) >= 11 is 0. The molecule has 3 aromatic carbocycles. The number of hydrogen-bond acceptors (Lipinski definition) is 4. The summed E-state index contributed by atoms with van der Waals surface area (Å²) in [6.45, 7) is 1.91. The smallest absolute Gasteiger partial charge is 0.343 e. The molecule has 0 aliphatic rings. The van der Waals surface area contributed by atoms with Gasteiger partial charge in [0, 0.05) is 6.42 Å². The van der Waals surface area contributed by atoms with Crippen LogP contribution in [0.1, 0.15) is 27.0 Å². The molecule has 28 heavy (non-hydrogen) atoms. The molecule has 4 heteroatoms. The van der Waals surface area contributed by atoms with Crippen molar-refractivity contribution in [1.82, 2.24) is 0 Å². The topological polar surface area (TPSA) is 56.5 Å². The molecule has 0 aliphatic heterocycles. The van der Waals surface area contributed by atoms with E-state index < -0.39 is 11.6 Å². The van der Waals surface area contributed by atoms with Gasteiger partial charge in [0.05, 0.1) is 16.5 Å². The van der Waals surface area contributed by atoms with E-state index in [1.807, 2.05) is 49.4 Å². The largest absolute Gasteiger partial charge is 0.422 e. The van der Waals surface area contributed by atoms with Crippen LogP contribution in [0.15, 0.2) is 88.1 Å². The average Bonchev–Trinajstić information content (AvgIpc) is 2.71. The third-order valence-electron chi connectivity index (χ3n) is 4.53. The van der Waals surface area contributed by atoms with Gasteiger partial charge < -0.3 is 9.15 Å². The van der Waals surface area contributed by atoms with Gasteiger partial charge in [0.2, 0.25) is 0 Å². The minimum absolute atomic E-state index is 0.252. The van der Waals surface area contributed by atoms with Crippen LogP contribution in [-0.4, -0.2) is 5.97 Å². The lowest BCUT2D eigenvalue weighted by molar-refractivity contribution is 0.0735. The number of aryl methyl sites for hydroxylation is 1. The maximum atomic E-state index is 12.8. The van der Waals surface area contributed by atoms with E-state index in [-0.39, 0.29) is 5.75 Å². The molecule has 0 amide bonds. The van der Waals surface area contributed by atoms with Crippen LogP contribution >= 0.6 is 0 Å². The SMILES string of the molecule is Cc1cccc(C(=O)Oc2c(Cc3ccccc3)c(=O)oc3ccccc23)c1. The second-order valence-corrected chi connectivity index (χ2v) is 6.61. The van der Waals surface area contributed by atoms with Crippen LogP contribution < -0.4 is 10.4 Å². The van der Waals surface area contributed by atoms with Crippen LogP contribution in [0.4, 0.5) is 0 Å². The minimum atomic E-state index is -0.506. The summed E-state index contributed by atoms with van der Waals surface area (Å²) in [5.74, 6) is -0.254. The first kappa shape index (κ1) is 17.7. The molecule has 4 aromatic rings. The summed E-state index contributed by atoms with van der Waals surface area (Å²) in [7, 11) is 0. The molecule has 1 heterocycles. The van der Waals surface area contributed by atoms with Crippen molar-refractivity contribution in [3.05, 3.63) is 112 Å². The van der Waals surface area contributed by atoms with Crippen molar-refractivity contribution in [2.45, 2.75) is 13.3 Å². The molecular formula is C24H18O4. The molecule has 0 saturated heterocycles. The van der Waals surface area contributed by atoms with E-state index in [2.05, 4.69) is 0 Å². The molecule has 0 fully saturated rings. The van der Waals surface area contributed by atoms with E-state index in [4.69, 9.17) is 9.15 Å². The Morgan fingerprint density at radius 2 is 1.68 bits per heavy atom. The molecule has 0 bridgehead atoms. The first-order valence-electron chi connectivity index (χ1n) is 8.99. The van der Waals surface area contributed by atoms with Crippen molar-refractivity contribution in [2.75, 3.05) is 0 Å². The highest BCUT2D eigenvalue weighted by Crippen LogP contribution is 2.30. The molecular weight excluding hydrogens is 352 g/mol. The Hall–Kier alpha value is -3.66. The Balaban J connectivity index is 1.83. The summed E-state index contributed by atoms with van der Waals surface area (Å²) in [6, 6.07) is 23.8. The van der Waals surface area contributed by atoms with E-state index in [1.54, 1.807) is 36.4 Å². The van der Waals surface area contributed by atoms with E-state index in [0.29, 0.717) is 28.5 Å². The van der Waals surface area contributed by atoms with Gasteiger partial charge in [-0.05, 0) is 36.8 Å². The van der Waals surface area contributed by atoms with Gasteiger partial charge in [-0.15, -0.1) is 0 Å². The molecule has 0 saturated carbocycles. The number of carbonyl (C=O) groups is 1. The number of fused-ring (bicyclic) bond motifs is 1. The molecule has 138 valence electrons. The number of hydrogen-bond donors (Lipinski definition) is 0. The summed E-state index contributed by atoms with van der Waals surface area (Å²) in [6.07, 6.45) is 0.310. The summed E-state index contributed by atoms with van der Waals surface area (Å²) in [5, 5.41) is 0.592. The van der Waals surface area contributed by atoms with Gasteiger partial charge in [-0.2, -0.15) is 0 Å². The van der Waals surface area contributed by atoms with E-state index in [9.17, 15) is 9.59 Å². The number of carbonyl (C=O) groups excluding carboxylic acids is 1. The van der Waals surface area contributed by atoms with Crippen LogP contribution in [0.5, 0.6) is 5.75 Å². The Morgan fingerprint density at radius 1 is 0.929 bits per heavy atom. The summed E-state index contributed by atoms with van der Waals surface area (Å²) in [4.78, 5) is 25.4. The lowest BCUT2D eigenvalue weighted by atomic mass is 10.0. The first-order chi connectivity index (χ1) is 13.6. The van der Waals surface area contributed by atoms with Gasteiger partial charge in [-0.1, -0.05) is 60.2 Å². The van der Waals surface area contributed by atoms with Gasteiger partial charge in [0.1, 0.15) is 5.58 Å². The van der Waals surface area contributed by atoms with Crippen molar-refractivity contribution < 1.29 is 13.9 Å². The zero-order chi connectivity index (χ0) is 19.5. The quantitative estimate of drug-likeness (QED) is 0.378. The predicted molar refractivity (Wildman–Crippen MR) is 108 cm³/mol. The standard InChI is InChI=1S/C24H18O4/c1-16-8-7-11-18(14-16)23(25)28-22-19-12-5-6-13-21(19)27-24(26)20(22)15-17-9-3-2-4-10-17/h2-14H,15H2,1H3. The summed E-state index contributed by atoms with van der Waals surface area (Å²) in [5.41, 5.74) is 2.52. The fraction of sp³-hybridized carbons (Fsp3) is 0.0833. The molecule has 4 rings (SSSR count). The number of esters is 1. The van der Waals surface area contributed by atoms with Crippen molar-refractivity contribution in [3.8, 4) is 5.75 Å². The molecule has 0 spiro atoms. The lowest BCUT2D eigenvalue weighted by Crippen LogP contribution is -2.16. The highest BCUT2D eigenvalue weighted by Gasteiger charge is 2.20. The molecule has 0 N–H and O–H groups in total. The zero-order valence-corrected chi connectivity index (χ0v) is 15.3. The van der Waals surface area contributed by atoms with Crippen LogP contribution in [0.2, 0.25) is 0 Å². The zero-order valence-electron chi connectivity index (χ0n) is 15.3. The maximum absolute atomic E-state index is 12.8. The Kier molecular flexibility index (Phi) is 4.77. The fourth-order valence-corrected chi connectivity index (χ4v) is 3.15. The number of ether oxygens (including phenoxy) is 1. The maximum Gasteiger partial charge on any atom is 0.343 e. The van der Waals surface area contributed by atoms with Gasteiger partial charge in [0.25, 0.3) is 0 Å². The highest BCUT2D eigenvalue weighted by molar-refractivity contribution is 5.94. The lowest BCUT2D eigenvalue weighted by Gasteiger charge is -2.12. The predicted octanol–water partition coefficient (Wildman–Crippen LogP) is 4.91. The van der Waals surface area contributed by atoms with Crippen molar-refractivity contribution in [3.63, 3.8) is 0 Å². The van der Waals surface area contributed by atoms with Crippen molar-refractivity contribution in [1.29, 1.82) is 0 Å². The van der Waals surface area contributed by atoms with E-state index in [0.717, 1.165) is 11.1 Å². The summed E-state index contributed by atoms with van der Waals surface area (Å²) < 4.78 is 11.2. The molecule has 0 unspecified atom stereocenters. The molecule has 1 aromatic heterocycles. The third-order valence-corrected chi connectivity index (χ3v) is 4.53. The normalized spacial score (nSPS) is 10.8. The Bertz CT molecular complexity index is 1210. The first-order valence-corrected chi connectivity index (χ1v) is 8.99. The molecule has 0 atom stereocenters. The molecule has 0 aliphatic carbocycles. The Labute approximate surface area is 162 Å². The second-order valence-electron chi connectivity index (χ2n) is 6.61. The van der Waals surface area contributed by atoms with Crippen LogP contribution in [0.25, 0.3) is 11.0 Å². The third kappa shape index (κ3) is 3.58. The van der Waals surface area contributed by atoms with Gasteiger partial charge >= 0.3 is 11.6 Å². The van der Waals surface area contributed by atoms with Gasteiger partial charge in [0.15, 0.2) is 5.75 Å². The van der Waals surface area contributed by atoms with Crippen LogP contribution in [0, 0.1) is 6.92 Å². The van der Waals surface area contributed by atoms with Crippen molar-refractivity contribution >= 4 is 16.9 Å². The van der Waals surface area contributed by atoms with Crippen molar-refractivity contribution in [2.24, 2.45) is 0 Å². The highest BCUT2D eigenvalue weighted by atomic mass is 16.5. The van der Waals surface area contributed by atoms with Gasteiger partial charge in [-0.25, -0.2) is 9.59 Å². The van der Waals surface area contributed by atoms with Crippen LogP contribution in [-0.2, 0) is 6.42 Å². The minimum Gasteiger partial charge on any atom is -0.422 e. The number of para-hydroxylation sites is 1. The monoisotopic (exact) mass is 370 g/mol. The molecule has 4 nitrogen and oxygen atoms in total. The second kappa shape index (κ2) is 7.53. The van der Waals surface area contributed by atoms with E-state index >= 15 is 0 Å². The Morgan fingerprint density at radius 3 is 2.46 bits per heavy atom. The average molecular weight is 370 g/mol. The number of benzene rings is 3.